The van der Waals surface area contributed by atoms with E-state index < -0.39 is 3.61 Å². The second-order valence-corrected chi connectivity index (χ2v) is 3.70. The summed E-state index contributed by atoms with van der Waals surface area (Å²) < 4.78 is -2.12. The molecule has 0 heterocycles. The van der Waals surface area contributed by atoms with Crippen molar-refractivity contribution in [1.82, 2.24) is 0 Å². The molecule has 1 radical (unpaired) electrons. The third-order valence-electron chi connectivity index (χ3n) is 0. The average Bonchev–Trinajstić information content (AvgIpc) is 0.722. The third kappa shape index (κ3) is 52.3. The van der Waals surface area contributed by atoms with Crippen LogP contribution in [0, 0.1) is 0 Å². The molecule has 0 aliphatic heterocycles. The molecule has 0 aromatic carbocycles. The molecule has 0 fully saturated rings. The van der Waals surface area contributed by atoms with Gasteiger partial charge >= 0.3 is 3.61 Å². The maximum atomic E-state index is 9.49. The van der Waals surface area contributed by atoms with Gasteiger partial charge in [0.2, 0.25) is 0 Å². The van der Waals surface area contributed by atoms with E-state index in [0.29, 0.717) is 0 Å². The van der Waals surface area contributed by atoms with Crippen LogP contribution < -0.4 is 0 Å². The Labute approximate surface area is 46.1 Å². The number of aliphatic hydroxyl groups is 1. The van der Waals surface area contributed by atoms with Gasteiger partial charge in [0.1, 0.15) is 0 Å². The van der Waals surface area contributed by atoms with Crippen molar-refractivity contribution in [2.45, 2.75) is 3.61 Å². The van der Waals surface area contributed by atoms with E-state index in [1.54, 1.807) is 0 Å². The number of hydrogen-bond donors (Lipinski definition) is 1. The fourth-order valence-corrected chi connectivity index (χ4v) is 0. The zero-order valence-corrected chi connectivity index (χ0v) is 5.28. The lowest BCUT2D eigenvalue weighted by atomic mass is 11.5. The van der Waals surface area contributed by atoms with Gasteiger partial charge in [0.05, 0.1) is 0 Å². The van der Waals surface area contributed by atoms with Gasteiger partial charge in [0.15, 0.2) is 0 Å². The van der Waals surface area contributed by atoms with Gasteiger partial charge in [-0.25, -0.2) is 0 Å². The van der Waals surface area contributed by atoms with E-state index >= 15 is 0 Å². The normalized spacial score (nSPS) is 12.0. The summed E-state index contributed by atoms with van der Waals surface area (Å²) in [5.41, 5.74) is 0. The summed E-state index contributed by atoms with van der Waals surface area (Å²) in [6, 6.07) is 0. The molecule has 4 heteroatoms. The molecule has 0 spiro atoms. The molecule has 0 aliphatic rings. The highest BCUT2D eigenvalue weighted by atomic mass is 79.9. The molecule has 0 aromatic heterocycles. The maximum absolute atomic E-state index is 9.49. The zero-order valence-electron chi connectivity index (χ0n) is 2.11. The summed E-state index contributed by atoms with van der Waals surface area (Å²) in [5.74, 6) is 0. The quantitative estimate of drug-likeness (QED) is 0.461. The first-order valence-electron chi connectivity index (χ1n) is 0.806. The van der Waals surface area contributed by atoms with Crippen LogP contribution in [0.15, 0.2) is 0 Å². The largest absolute Gasteiger partial charge is 0.346 e. The van der Waals surface area contributed by atoms with E-state index in [2.05, 4.69) is 31.9 Å². The predicted octanol–water partition coefficient (Wildman–Crippen LogP) is 0.810. The van der Waals surface area contributed by atoms with Crippen LogP contribution in [0.5, 0.6) is 0 Å². The Morgan fingerprint density at radius 3 is 1.60 bits per heavy atom. The molecule has 31 valence electrons. The van der Waals surface area contributed by atoms with Gasteiger partial charge in [-0.2, -0.15) is 5.11 Å². The predicted molar refractivity (Wildman–Crippen MR) is 23.5 cm³/mol. The minimum atomic E-state index is -2.12. The van der Waals surface area contributed by atoms with Crippen LogP contribution in [0.25, 0.3) is 0 Å². The van der Waals surface area contributed by atoms with Crippen LogP contribution in [0.2, 0.25) is 0 Å². The van der Waals surface area contributed by atoms with Gasteiger partial charge < -0.3 is 5.11 Å². The van der Waals surface area contributed by atoms with Crippen molar-refractivity contribution in [2.24, 2.45) is 0 Å². The lowest BCUT2D eigenvalue weighted by Gasteiger charge is -1.93. The summed E-state index contributed by atoms with van der Waals surface area (Å²) in [6.07, 6.45) is 0. The Bertz CT molecular complexity index is 23.1. The van der Waals surface area contributed by atoms with E-state index in [-0.39, 0.29) is 0 Å². The molecule has 0 atom stereocenters. The summed E-state index contributed by atoms with van der Waals surface area (Å²) in [4.78, 5) is 0. The van der Waals surface area contributed by atoms with Crippen molar-refractivity contribution in [3.05, 3.63) is 0 Å². The second kappa shape index (κ2) is 1.55. The monoisotopic (exact) mass is 203 g/mol. The summed E-state index contributed by atoms with van der Waals surface area (Å²) in [5, 5.41) is 17.3. The molecule has 0 aromatic rings. The Kier molecular flexibility index (Phi) is 1.83. The number of alkyl halides is 2. The van der Waals surface area contributed by atoms with Crippen molar-refractivity contribution < 1.29 is 10.2 Å². The van der Waals surface area contributed by atoms with Crippen molar-refractivity contribution in [2.75, 3.05) is 0 Å². The van der Waals surface area contributed by atoms with Gasteiger partial charge in [0, 0.05) is 0 Å². The average molecular weight is 205 g/mol. The fourth-order valence-electron chi connectivity index (χ4n) is 0. The van der Waals surface area contributed by atoms with E-state index in [1.807, 2.05) is 0 Å². The molecule has 0 bridgehead atoms. The van der Waals surface area contributed by atoms with Gasteiger partial charge in [-0.05, 0) is 31.9 Å². The Balaban J connectivity index is 3.02. The van der Waals surface area contributed by atoms with Crippen LogP contribution in [0.1, 0.15) is 0 Å². The van der Waals surface area contributed by atoms with E-state index in [4.69, 9.17) is 5.11 Å². The molecule has 0 rings (SSSR count). The lowest BCUT2D eigenvalue weighted by molar-refractivity contribution is -0.0357. The van der Waals surface area contributed by atoms with Gasteiger partial charge in [-0.1, -0.05) is 0 Å². The van der Waals surface area contributed by atoms with E-state index in [9.17, 15) is 5.11 Å². The first kappa shape index (κ1) is 5.88. The molecule has 0 amide bonds. The summed E-state index contributed by atoms with van der Waals surface area (Å²) in [7, 11) is 0. The van der Waals surface area contributed by atoms with Crippen LogP contribution in [0.4, 0.5) is 0 Å². The highest BCUT2D eigenvalue weighted by Gasteiger charge is 2.11. The molecule has 0 saturated heterocycles. The molecule has 5 heavy (non-hydrogen) atoms. The highest BCUT2D eigenvalue weighted by Crippen LogP contribution is 2.16. The van der Waals surface area contributed by atoms with Crippen molar-refractivity contribution >= 4 is 31.9 Å². The first-order chi connectivity index (χ1) is 2.00. The summed E-state index contributed by atoms with van der Waals surface area (Å²) in [6.45, 7) is 0. The topological polar surface area (TPSA) is 40.1 Å². The van der Waals surface area contributed by atoms with Crippen molar-refractivity contribution in [3.8, 4) is 0 Å². The number of halogens is 2. The number of hydrogen-bond acceptors (Lipinski definition) is 1. The lowest BCUT2D eigenvalue weighted by Crippen LogP contribution is -2.01. The van der Waals surface area contributed by atoms with Crippen molar-refractivity contribution in [1.29, 1.82) is 0 Å². The van der Waals surface area contributed by atoms with Crippen LogP contribution in [0.3, 0.4) is 0 Å². The Hall–Kier alpha value is 0.880. The molecule has 0 unspecified atom stereocenters. The molecule has 0 aliphatic carbocycles. The SMILES string of the molecule is [O]C(O)(Br)Br. The van der Waals surface area contributed by atoms with Gasteiger partial charge in [-0.15, -0.1) is 0 Å². The van der Waals surface area contributed by atoms with Gasteiger partial charge in [0.25, 0.3) is 0 Å². The minimum Gasteiger partial charge on any atom is -0.346 e. The van der Waals surface area contributed by atoms with Crippen LogP contribution in [-0.2, 0) is 5.11 Å². The second-order valence-electron chi connectivity index (χ2n) is 0.486. The van der Waals surface area contributed by atoms with E-state index in [0.717, 1.165) is 0 Å². The van der Waals surface area contributed by atoms with Crippen LogP contribution >= 0.6 is 31.9 Å². The molecule has 0 saturated carbocycles. The Morgan fingerprint density at radius 1 is 1.60 bits per heavy atom. The number of rotatable bonds is 0. The fraction of sp³-hybridized carbons (Fsp3) is 1.00. The van der Waals surface area contributed by atoms with Gasteiger partial charge in [-0.3, -0.25) is 0 Å². The smallest absolute Gasteiger partial charge is 0.311 e. The maximum Gasteiger partial charge on any atom is 0.311 e. The van der Waals surface area contributed by atoms with E-state index in [1.165, 1.54) is 0 Å². The summed E-state index contributed by atoms with van der Waals surface area (Å²) >= 11 is 4.58. The van der Waals surface area contributed by atoms with Crippen molar-refractivity contribution in [3.63, 3.8) is 0 Å². The standard InChI is InChI=1S/CHBr2O2/c2-1(3,4)5/h4H. The van der Waals surface area contributed by atoms with Crippen LogP contribution in [-0.4, -0.2) is 8.71 Å². The highest BCUT2D eigenvalue weighted by molar-refractivity contribution is 9.25. The first-order valence-corrected chi connectivity index (χ1v) is 2.39. The zero-order chi connectivity index (χ0) is 4.50. The molecular formula is CHBr2O2. The third-order valence-corrected chi connectivity index (χ3v) is 0. The molecule has 1 N–H and O–H groups in total. The molecular weight excluding hydrogens is 204 g/mol. The molecule has 2 nitrogen and oxygen atoms in total. The Morgan fingerprint density at radius 2 is 1.60 bits per heavy atom. The minimum absolute atomic E-state index is 2.12.